The van der Waals surface area contributed by atoms with E-state index in [9.17, 15) is 9.59 Å². The van der Waals surface area contributed by atoms with Gasteiger partial charge in [-0.25, -0.2) is 4.90 Å². The molecule has 1 fully saturated rings. The fourth-order valence-corrected chi connectivity index (χ4v) is 4.15. The maximum Gasteiger partial charge on any atom is 0.282 e. The molecular weight excluding hydrogens is 394 g/mol. The second-order valence-electron chi connectivity index (χ2n) is 7.49. The number of carbonyl (C=O) groups is 2. The van der Waals surface area contributed by atoms with E-state index < -0.39 is 0 Å². The Morgan fingerprint density at radius 3 is 2.19 bits per heavy atom. The zero-order valence-corrected chi connectivity index (χ0v) is 18.1. The Morgan fingerprint density at radius 1 is 0.871 bits per heavy atom. The van der Waals surface area contributed by atoms with Gasteiger partial charge in [0.1, 0.15) is 17.2 Å². The predicted molar refractivity (Wildman–Crippen MR) is 119 cm³/mol. The van der Waals surface area contributed by atoms with Crippen LogP contribution in [-0.2, 0) is 9.59 Å². The van der Waals surface area contributed by atoms with Crippen molar-refractivity contribution in [3.05, 3.63) is 59.8 Å². The molecule has 2 aliphatic heterocycles. The average Bonchev–Trinajstić information content (AvgIpc) is 3.08. The van der Waals surface area contributed by atoms with Crippen molar-refractivity contribution in [2.75, 3.05) is 51.8 Å². The summed E-state index contributed by atoms with van der Waals surface area (Å²) >= 11 is 0. The third-order valence-corrected chi connectivity index (χ3v) is 5.88. The summed E-state index contributed by atoms with van der Waals surface area (Å²) in [5.74, 6) is 0.297. The minimum atomic E-state index is -0.351. The summed E-state index contributed by atoms with van der Waals surface area (Å²) in [6, 6.07) is 14.5. The number of likely N-dealkylation sites (N-methyl/N-ethyl adjacent to an activating group) is 1. The summed E-state index contributed by atoms with van der Waals surface area (Å²) in [7, 11) is 3.07. The Balaban J connectivity index is 1.80. The lowest BCUT2D eigenvalue weighted by atomic mass is 10.0. The minimum absolute atomic E-state index is 0.333. The molecule has 2 heterocycles. The molecular formula is C24H27N3O4. The Bertz CT molecular complexity index is 1010. The number of carbonyl (C=O) groups excluding carboxylic acids is 2. The van der Waals surface area contributed by atoms with Gasteiger partial charge in [-0.15, -0.1) is 0 Å². The predicted octanol–water partition coefficient (Wildman–Crippen LogP) is 2.63. The quantitative estimate of drug-likeness (QED) is 0.669. The van der Waals surface area contributed by atoms with Gasteiger partial charge >= 0.3 is 0 Å². The maximum absolute atomic E-state index is 13.7. The first-order chi connectivity index (χ1) is 15.1. The van der Waals surface area contributed by atoms with Crippen LogP contribution in [0, 0.1) is 0 Å². The van der Waals surface area contributed by atoms with Crippen LogP contribution >= 0.6 is 0 Å². The number of ether oxygens (including phenoxy) is 2. The van der Waals surface area contributed by atoms with E-state index in [4.69, 9.17) is 9.47 Å². The van der Waals surface area contributed by atoms with Gasteiger partial charge in [0.25, 0.3) is 11.8 Å². The van der Waals surface area contributed by atoms with Crippen LogP contribution in [0.1, 0.15) is 12.5 Å². The molecule has 0 aromatic heterocycles. The standard InChI is InChI=1S/C24H27N3O4/c1-4-25-12-14-26(15-13-25)22-21(17-8-6-5-7-9-17)23(28)27(24(22)29)19-16-18(30-2)10-11-20(19)31-3/h5-11,16H,4,12-15H2,1-3H3. The van der Waals surface area contributed by atoms with E-state index in [-0.39, 0.29) is 11.8 Å². The molecule has 0 aliphatic carbocycles. The van der Waals surface area contributed by atoms with Gasteiger partial charge in [0.15, 0.2) is 0 Å². The van der Waals surface area contributed by atoms with E-state index in [0.717, 1.165) is 25.2 Å². The van der Waals surface area contributed by atoms with E-state index in [2.05, 4.69) is 11.8 Å². The molecule has 162 valence electrons. The van der Waals surface area contributed by atoms with Crippen LogP contribution in [0.15, 0.2) is 54.2 Å². The summed E-state index contributed by atoms with van der Waals surface area (Å²) in [5, 5.41) is 0. The van der Waals surface area contributed by atoms with Crippen LogP contribution in [-0.4, -0.2) is 68.6 Å². The highest BCUT2D eigenvalue weighted by Gasteiger charge is 2.44. The number of rotatable bonds is 6. The molecule has 2 aromatic carbocycles. The highest BCUT2D eigenvalue weighted by molar-refractivity contribution is 6.45. The normalized spacial score (nSPS) is 17.5. The Hall–Kier alpha value is -3.32. The number of methoxy groups -OCH3 is 2. The highest BCUT2D eigenvalue weighted by atomic mass is 16.5. The van der Waals surface area contributed by atoms with Crippen LogP contribution in [0.5, 0.6) is 11.5 Å². The van der Waals surface area contributed by atoms with Crippen molar-refractivity contribution in [3.8, 4) is 11.5 Å². The molecule has 4 rings (SSSR count). The summed E-state index contributed by atoms with van der Waals surface area (Å²) in [4.78, 5) is 33.0. The highest BCUT2D eigenvalue weighted by Crippen LogP contribution is 2.40. The van der Waals surface area contributed by atoms with Gasteiger partial charge in [0.2, 0.25) is 0 Å². The topological polar surface area (TPSA) is 62.3 Å². The van der Waals surface area contributed by atoms with Gasteiger partial charge in [-0.3, -0.25) is 9.59 Å². The van der Waals surface area contributed by atoms with Gasteiger partial charge in [-0.1, -0.05) is 37.3 Å². The second-order valence-corrected chi connectivity index (χ2v) is 7.49. The number of piperazine rings is 1. The van der Waals surface area contributed by atoms with E-state index in [1.165, 1.54) is 12.0 Å². The first kappa shape index (κ1) is 20.9. The molecule has 7 nitrogen and oxygen atoms in total. The Labute approximate surface area is 182 Å². The molecule has 2 aromatic rings. The van der Waals surface area contributed by atoms with Crippen LogP contribution in [0.3, 0.4) is 0 Å². The second kappa shape index (κ2) is 8.81. The van der Waals surface area contributed by atoms with Gasteiger partial charge in [0.05, 0.1) is 25.5 Å². The first-order valence-electron chi connectivity index (χ1n) is 10.5. The molecule has 0 spiro atoms. The van der Waals surface area contributed by atoms with Crippen molar-refractivity contribution in [1.29, 1.82) is 0 Å². The lowest BCUT2D eigenvalue weighted by molar-refractivity contribution is -0.120. The van der Waals surface area contributed by atoms with Crippen LogP contribution in [0.25, 0.3) is 5.57 Å². The minimum Gasteiger partial charge on any atom is -0.497 e. The van der Waals surface area contributed by atoms with Crippen molar-refractivity contribution < 1.29 is 19.1 Å². The van der Waals surface area contributed by atoms with Crippen LogP contribution in [0.4, 0.5) is 5.69 Å². The molecule has 0 bridgehead atoms. The number of nitrogens with zero attached hydrogens (tertiary/aromatic N) is 3. The lowest BCUT2D eigenvalue weighted by Crippen LogP contribution is -2.47. The number of amides is 2. The molecule has 7 heteroatoms. The first-order valence-corrected chi connectivity index (χ1v) is 10.5. The molecule has 0 radical (unpaired) electrons. The SMILES string of the molecule is CCN1CCN(C2=C(c3ccccc3)C(=O)N(c3cc(OC)ccc3OC)C2=O)CC1. The van der Waals surface area contributed by atoms with E-state index in [0.29, 0.717) is 41.5 Å². The maximum atomic E-state index is 13.7. The largest absolute Gasteiger partial charge is 0.497 e. The molecule has 0 atom stereocenters. The zero-order chi connectivity index (χ0) is 22.0. The van der Waals surface area contributed by atoms with Gasteiger partial charge in [-0.05, 0) is 24.2 Å². The summed E-state index contributed by atoms with van der Waals surface area (Å²) in [6.45, 7) is 6.20. The molecule has 31 heavy (non-hydrogen) atoms. The summed E-state index contributed by atoms with van der Waals surface area (Å²) < 4.78 is 10.8. The summed E-state index contributed by atoms with van der Waals surface area (Å²) in [6.07, 6.45) is 0. The fourth-order valence-electron chi connectivity index (χ4n) is 4.15. The molecule has 0 N–H and O–H groups in total. The van der Waals surface area contributed by atoms with Crippen LogP contribution in [0.2, 0.25) is 0 Å². The molecule has 0 unspecified atom stereocenters. The molecule has 2 amide bonds. The Morgan fingerprint density at radius 2 is 1.58 bits per heavy atom. The van der Waals surface area contributed by atoms with Crippen molar-refractivity contribution in [2.24, 2.45) is 0 Å². The van der Waals surface area contributed by atoms with Gasteiger partial charge < -0.3 is 19.3 Å². The fraction of sp³-hybridized carbons (Fsp3) is 0.333. The van der Waals surface area contributed by atoms with Gasteiger partial charge in [0, 0.05) is 32.2 Å². The van der Waals surface area contributed by atoms with Crippen molar-refractivity contribution >= 4 is 23.1 Å². The average molecular weight is 421 g/mol. The molecule has 1 saturated heterocycles. The van der Waals surface area contributed by atoms with Gasteiger partial charge in [-0.2, -0.15) is 0 Å². The summed E-state index contributed by atoms with van der Waals surface area (Å²) in [5.41, 5.74) is 2.00. The number of benzene rings is 2. The Kier molecular flexibility index (Phi) is 5.95. The van der Waals surface area contributed by atoms with E-state index >= 15 is 0 Å². The van der Waals surface area contributed by atoms with E-state index in [1.807, 2.05) is 35.2 Å². The van der Waals surface area contributed by atoms with Crippen molar-refractivity contribution in [3.63, 3.8) is 0 Å². The number of anilines is 1. The third kappa shape index (κ3) is 3.77. The smallest absolute Gasteiger partial charge is 0.282 e. The van der Waals surface area contributed by atoms with Crippen molar-refractivity contribution in [2.45, 2.75) is 6.92 Å². The van der Waals surface area contributed by atoms with Crippen LogP contribution < -0.4 is 14.4 Å². The monoisotopic (exact) mass is 421 g/mol. The third-order valence-electron chi connectivity index (χ3n) is 5.88. The number of hydrogen-bond acceptors (Lipinski definition) is 6. The van der Waals surface area contributed by atoms with E-state index in [1.54, 1.807) is 25.3 Å². The van der Waals surface area contributed by atoms with Crippen molar-refractivity contribution in [1.82, 2.24) is 9.80 Å². The lowest BCUT2D eigenvalue weighted by Gasteiger charge is -2.36. The zero-order valence-electron chi connectivity index (χ0n) is 18.1. The molecule has 2 aliphatic rings. The molecule has 0 saturated carbocycles. The number of hydrogen-bond donors (Lipinski definition) is 0. The number of imide groups is 1.